The highest BCUT2D eigenvalue weighted by molar-refractivity contribution is 5.62. The molecule has 2 aromatic rings. The van der Waals surface area contributed by atoms with Crippen LogP contribution in [0.25, 0.3) is 0 Å². The van der Waals surface area contributed by atoms with E-state index in [1.54, 1.807) is 12.1 Å². The van der Waals surface area contributed by atoms with Crippen molar-refractivity contribution in [3.63, 3.8) is 0 Å². The van der Waals surface area contributed by atoms with Crippen molar-refractivity contribution < 1.29 is 9.84 Å². The maximum Gasteiger partial charge on any atom is 0.146 e. The summed E-state index contributed by atoms with van der Waals surface area (Å²) in [5.41, 5.74) is 2.27. The maximum absolute atomic E-state index is 9.66. The Labute approximate surface area is 125 Å². The van der Waals surface area contributed by atoms with Crippen LogP contribution in [0.3, 0.4) is 0 Å². The van der Waals surface area contributed by atoms with Crippen molar-refractivity contribution in [1.82, 2.24) is 0 Å². The molecule has 0 saturated heterocycles. The molecule has 1 aliphatic heterocycles. The van der Waals surface area contributed by atoms with E-state index in [1.165, 1.54) is 5.56 Å². The van der Waals surface area contributed by atoms with Crippen LogP contribution in [-0.4, -0.2) is 24.3 Å². The minimum Gasteiger partial charge on any atom is -0.508 e. The van der Waals surface area contributed by atoms with Crippen LogP contribution in [0.5, 0.6) is 11.5 Å². The van der Waals surface area contributed by atoms with Gasteiger partial charge >= 0.3 is 0 Å². The summed E-state index contributed by atoms with van der Waals surface area (Å²) >= 11 is 0. The molecule has 1 unspecified atom stereocenters. The Hall–Kier alpha value is -2.42. The zero-order valence-electron chi connectivity index (χ0n) is 11.9. The molecule has 0 aromatic heterocycles. The summed E-state index contributed by atoms with van der Waals surface area (Å²) < 4.78 is 6.06. The summed E-state index contributed by atoms with van der Waals surface area (Å²) in [6, 6.07) is 15.6. The molecule has 2 aromatic carbocycles. The number of nitrogens with zero attached hydrogens (tertiary/aromatic N) is 1. The van der Waals surface area contributed by atoms with Crippen LogP contribution in [0, 0.1) is 0 Å². The molecule has 0 saturated carbocycles. The lowest BCUT2D eigenvalue weighted by atomic mass is 10.1. The average Bonchev–Trinajstić information content (AvgIpc) is 2.48. The quantitative estimate of drug-likeness (QED) is 0.872. The van der Waals surface area contributed by atoms with Gasteiger partial charge in [0, 0.05) is 19.0 Å². The van der Waals surface area contributed by atoms with Crippen molar-refractivity contribution in [2.45, 2.75) is 12.5 Å². The van der Waals surface area contributed by atoms with E-state index in [0.717, 1.165) is 30.9 Å². The average molecular weight is 281 g/mol. The van der Waals surface area contributed by atoms with E-state index in [-0.39, 0.29) is 11.9 Å². The Balaban J connectivity index is 1.84. The predicted molar refractivity (Wildman–Crippen MR) is 85.1 cm³/mol. The van der Waals surface area contributed by atoms with Gasteiger partial charge in [0.15, 0.2) is 0 Å². The fourth-order valence-corrected chi connectivity index (χ4v) is 2.73. The van der Waals surface area contributed by atoms with Gasteiger partial charge in [-0.3, -0.25) is 0 Å². The van der Waals surface area contributed by atoms with E-state index in [4.69, 9.17) is 4.74 Å². The van der Waals surface area contributed by atoms with Gasteiger partial charge in [-0.2, -0.15) is 0 Å². The number of phenols is 1. The third-order valence-corrected chi connectivity index (χ3v) is 3.66. The highest BCUT2D eigenvalue weighted by Gasteiger charge is 2.25. The predicted octanol–water partition coefficient (Wildman–Crippen LogP) is 3.39. The van der Waals surface area contributed by atoms with E-state index in [0.29, 0.717) is 0 Å². The summed E-state index contributed by atoms with van der Waals surface area (Å²) in [4.78, 5) is 2.24. The first-order chi connectivity index (χ1) is 10.3. The van der Waals surface area contributed by atoms with Gasteiger partial charge in [-0.05, 0) is 17.7 Å². The Kier molecular flexibility index (Phi) is 3.82. The van der Waals surface area contributed by atoms with Crippen molar-refractivity contribution in [1.29, 1.82) is 0 Å². The second kappa shape index (κ2) is 5.92. The molecule has 1 aliphatic rings. The second-order valence-electron chi connectivity index (χ2n) is 5.28. The van der Waals surface area contributed by atoms with E-state index in [2.05, 4.69) is 23.6 Å². The van der Waals surface area contributed by atoms with Crippen molar-refractivity contribution in [3.8, 4) is 11.5 Å². The zero-order valence-corrected chi connectivity index (χ0v) is 11.9. The van der Waals surface area contributed by atoms with Crippen LogP contribution in [0.15, 0.2) is 61.2 Å². The van der Waals surface area contributed by atoms with Gasteiger partial charge in [-0.25, -0.2) is 0 Å². The normalized spacial score (nSPS) is 17.0. The smallest absolute Gasteiger partial charge is 0.146 e. The molecular weight excluding hydrogens is 262 g/mol. The molecule has 0 radical (unpaired) electrons. The Morgan fingerprint density at radius 3 is 2.81 bits per heavy atom. The Morgan fingerprint density at radius 2 is 2.05 bits per heavy atom. The standard InChI is InChI=1S/C18H19NO2/c1-2-10-19-13-16(11-14-6-4-3-5-7-14)21-18-12-15(20)8-9-17(18)19/h2-9,12,16,20H,1,10-11,13H2. The van der Waals surface area contributed by atoms with Crippen molar-refractivity contribution >= 4 is 5.69 Å². The summed E-state index contributed by atoms with van der Waals surface area (Å²) in [7, 11) is 0. The first kappa shape index (κ1) is 13.6. The van der Waals surface area contributed by atoms with Gasteiger partial charge < -0.3 is 14.7 Å². The summed E-state index contributed by atoms with van der Waals surface area (Å²) in [5.74, 6) is 0.969. The zero-order chi connectivity index (χ0) is 14.7. The fourth-order valence-electron chi connectivity index (χ4n) is 2.73. The van der Waals surface area contributed by atoms with E-state index in [9.17, 15) is 5.11 Å². The summed E-state index contributed by atoms with van der Waals surface area (Å²) in [6.45, 7) is 5.41. The molecule has 3 nitrogen and oxygen atoms in total. The van der Waals surface area contributed by atoms with Crippen LogP contribution in [-0.2, 0) is 6.42 Å². The van der Waals surface area contributed by atoms with Gasteiger partial charge in [-0.1, -0.05) is 36.4 Å². The number of ether oxygens (including phenoxy) is 1. The van der Waals surface area contributed by atoms with Gasteiger partial charge in [0.1, 0.15) is 17.6 Å². The number of aromatic hydroxyl groups is 1. The van der Waals surface area contributed by atoms with Crippen molar-refractivity contribution in [2.24, 2.45) is 0 Å². The first-order valence-electron chi connectivity index (χ1n) is 7.15. The third-order valence-electron chi connectivity index (χ3n) is 3.66. The molecule has 1 heterocycles. The topological polar surface area (TPSA) is 32.7 Å². The number of phenolic OH excluding ortho intramolecular Hbond substituents is 1. The Morgan fingerprint density at radius 1 is 1.24 bits per heavy atom. The monoisotopic (exact) mass is 281 g/mol. The first-order valence-corrected chi connectivity index (χ1v) is 7.15. The molecule has 21 heavy (non-hydrogen) atoms. The minimum atomic E-state index is 0.0710. The molecular formula is C18H19NO2. The molecule has 3 rings (SSSR count). The minimum absolute atomic E-state index is 0.0710. The number of rotatable bonds is 4. The molecule has 108 valence electrons. The lowest BCUT2D eigenvalue weighted by Crippen LogP contribution is -2.41. The van der Waals surface area contributed by atoms with E-state index >= 15 is 0 Å². The number of benzene rings is 2. The van der Waals surface area contributed by atoms with Crippen LogP contribution in [0.2, 0.25) is 0 Å². The third kappa shape index (κ3) is 3.02. The largest absolute Gasteiger partial charge is 0.508 e. The molecule has 0 fully saturated rings. The van der Waals surface area contributed by atoms with Gasteiger partial charge in [0.2, 0.25) is 0 Å². The van der Waals surface area contributed by atoms with Crippen molar-refractivity contribution in [3.05, 3.63) is 66.7 Å². The molecule has 0 amide bonds. The van der Waals surface area contributed by atoms with Crippen LogP contribution in [0.1, 0.15) is 5.56 Å². The van der Waals surface area contributed by atoms with Gasteiger partial charge in [0.05, 0.1) is 12.2 Å². The van der Waals surface area contributed by atoms with Crippen molar-refractivity contribution in [2.75, 3.05) is 18.0 Å². The van der Waals surface area contributed by atoms with Crippen LogP contribution < -0.4 is 9.64 Å². The maximum atomic E-state index is 9.66. The number of hydrogen-bond donors (Lipinski definition) is 1. The highest BCUT2D eigenvalue weighted by Crippen LogP contribution is 2.36. The summed E-state index contributed by atoms with van der Waals surface area (Å²) in [6.07, 6.45) is 2.81. The number of fused-ring (bicyclic) bond motifs is 1. The van der Waals surface area contributed by atoms with E-state index in [1.807, 2.05) is 30.3 Å². The molecule has 3 heteroatoms. The lowest BCUT2D eigenvalue weighted by molar-refractivity contribution is 0.194. The number of hydrogen-bond acceptors (Lipinski definition) is 3. The lowest BCUT2D eigenvalue weighted by Gasteiger charge is -2.36. The molecule has 0 spiro atoms. The molecule has 0 bridgehead atoms. The Bertz CT molecular complexity index is 624. The van der Waals surface area contributed by atoms with Crippen LogP contribution >= 0.6 is 0 Å². The summed E-state index contributed by atoms with van der Waals surface area (Å²) in [5, 5.41) is 9.66. The number of anilines is 1. The second-order valence-corrected chi connectivity index (χ2v) is 5.28. The van der Waals surface area contributed by atoms with E-state index < -0.39 is 0 Å². The SMILES string of the molecule is C=CCN1CC(Cc2ccccc2)Oc2cc(O)ccc21. The molecule has 0 aliphatic carbocycles. The van der Waals surface area contributed by atoms with Crippen LogP contribution in [0.4, 0.5) is 5.69 Å². The highest BCUT2D eigenvalue weighted by atomic mass is 16.5. The fraction of sp³-hybridized carbons (Fsp3) is 0.222. The van der Waals surface area contributed by atoms with Gasteiger partial charge in [-0.15, -0.1) is 6.58 Å². The van der Waals surface area contributed by atoms with Gasteiger partial charge in [0.25, 0.3) is 0 Å². The molecule has 1 N–H and O–H groups in total. The molecule has 1 atom stereocenters.